The van der Waals surface area contributed by atoms with Crippen molar-refractivity contribution in [2.24, 2.45) is 0 Å². The first-order valence-corrected chi connectivity index (χ1v) is 10.2. The van der Waals surface area contributed by atoms with Crippen LogP contribution in [0.5, 0.6) is 0 Å². The van der Waals surface area contributed by atoms with Gasteiger partial charge in [0.2, 0.25) is 6.04 Å². The predicted molar refractivity (Wildman–Crippen MR) is 82.7 cm³/mol. The predicted octanol–water partition coefficient (Wildman–Crippen LogP) is 4.62. The minimum atomic E-state index is -1.94. The van der Waals surface area contributed by atoms with Gasteiger partial charge in [0.25, 0.3) is 0 Å². The zero-order valence-corrected chi connectivity index (χ0v) is 14.7. The van der Waals surface area contributed by atoms with Crippen LogP contribution in [0.2, 0.25) is 18.1 Å². The average molecular weight is 289 g/mol. The highest BCUT2D eigenvalue weighted by Crippen LogP contribution is 2.38. The van der Waals surface area contributed by atoms with Gasteiger partial charge in [0, 0.05) is 11.8 Å². The molecule has 0 unspecified atom stereocenters. The summed E-state index contributed by atoms with van der Waals surface area (Å²) in [5.74, 6) is 0. The van der Waals surface area contributed by atoms with E-state index in [0.29, 0.717) is 0 Å². The number of hydrogen-bond donors (Lipinski definition) is 0. The van der Waals surface area contributed by atoms with Crippen molar-refractivity contribution in [3.05, 3.63) is 10.1 Å². The van der Waals surface area contributed by atoms with E-state index in [-0.39, 0.29) is 16.1 Å². The van der Waals surface area contributed by atoms with E-state index in [2.05, 4.69) is 40.8 Å². The zero-order valence-electron chi connectivity index (χ0n) is 13.7. The minimum Gasteiger partial charge on any atom is -0.407 e. The van der Waals surface area contributed by atoms with Gasteiger partial charge in [0.1, 0.15) is 6.10 Å². The van der Waals surface area contributed by atoms with E-state index >= 15 is 0 Å². The molecule has 0 saturated heterocycles. The Labute approximate surface area is 119 Å². The number of rotatable bonds is 8. The Kier molecular flexibility index (Phi) is 7.22. The van der Waals surface area contributed by atoms with Crippen LogP contribution in [-0.2, 0) is 4.43 Å². The number of hydrogen-bond acceptors (Lipinski definition) is 3. The van der Waals surface area contributed by atoms with Crippen molar-refractivity contribution >= 4 is 8.32 Å². The quantitative estimate of drug-likeness (QED) is 0.283. The van der Waals surface area contributed by atoms with Crippen LogP contribution in [0, 0.1) is 10.1 Å². The standard InChI is InChI=1S/C14H31NO3Si/c1-8-9-10-11-13(12(2)15(16)17)18-19(6,7)14(3,4)5/h12-13H,8-11H2,1-7H3/t12-,13-/m1/s1. The highest BCUT2D eigenvalue weighted by Gasteiger charge is 2.42. The van der Waals surface area contributed by atoms with Crippen molar-refractivity contribution in [1.29, 1.82) is 0 Å². The van der Waals surface area contributed by atoms with Crippen LogP contribution in [0.15, 0.2) is 0 Å². The van der Waals surface area contributed by atoms with Crippen molar-refractivity contribution in [3.63, 3.8) is 0 Å². The van der Waals surface area contributed by atoms with E-state index in [4.69, 9.17) is 4.43 Å². The first kappa shape index (κ1) is 18.6. The summed E-state index contributed by atoms with van der Waals surface area (Å²) < 4.78 is 6.27. The molecule has 114 valence electrons. The first-order chi connectivity index (χ1) is 8.53. The highest BCUT2D eigenvalue weighted by molar-refractivity contribution is 6.74. The maximum atomic E-state index is 11.0. The lowest BCUT2D eigenvalue weighted by Gasteiger charge is -2.39. The molecule has 0 heterocycles. The van der Waals surface area contributed by atoms with Crippen molar-refractivity contribution in [3.8, 4) is 0 Å². The van der Waals surface area contributed by atoms with Crippen LogP contribution in [0.3, 0.4) is 0 Å². The van der Waals surface area contributed by atoms with Gasteiger partial charge < -0.3 is 4.43 Å². The highest BCUT2D eigenvalue weighted by atomic mass is 28.4. The summed E-state index contributed by atoms with van der Waals surface area (Å²) >= 11 is 0. The topological polar surface area (TPSA) is 52.4 Å². The van der Waals surface area contributed by atoms with Crippen LogP contribution in [0.25, 0.3) is 0 Å². The van der Waals surface area contributed by atoms with Gasteiger partial charge in [-0.25, -0.2) is 0 Å². The third-order valence-electron chi connectivity index (χ3n) is 4.21. The number of unbranched alkanes of at least 4 members (excludes halogenated alkanes) is 2. The number of nitrogens with zero attached hydrogens (tertiary/aromatic N) is 1. The van der Waals surface area contributed by atoms with Gasteiger partial charge in [-0.05, 0) is 24.6 Å². The van der Waals surface area contributed by atoms with Gasteiger partial charge >= 0.3 is 0 Å². The molecule has 0 aliphatic rings. The maximum Gasteiger partial charge on any atom is 0.234 e. The molecule has 19 heavy (non-hydrogen) atoms. The Balaban J connectivity index is 4.80. The summed E-state index contributed by atoms with van der Waals surface area (Å²) in [6, 6.07) is -0.619. The van der Waals surface area contributed by atoms with Gasteiger partial charge in [-0.1, -0.05) is 47.0 Å². The second-order valence-electron chi connectivity index (χ2n) is 6.94. The van der Waals surface area contributed by atoms with E-state index in [9.17, 15) is 10.1 Å². The molecule has 0 aromatic rings. The summed E-state index contributed by atoms with van der Waals surface area (Å²) in [4.78, 5) is 10.8. The van der Waals surface area contributed by atoms with Crippen molar-refractivity contribution in [2.75, 3.05) is 0 Å². The molecular weight excluding hydrogens is 258 g/mol. The van der Waals surface area contributed by atoms with E-state index in [1.165, 1.54) is 0 Å². The lowest BCUT2D eigenvalue weighted by atomic mass is 10.1. The molecule has 0 radical (unpaired) electrons. The molecule has 0 aliphatic carbocycles. The molecule has 0 saturated carbocycles. The second-order valence-corrected chi connectivity index (χ2v) is 11.7. The molecule has 0 aromatic carbocycles. The molecule has 0 fully saturated rings. The van der Waals surface area contributed by atoms with Crippen molar-refractivity contribution in [2.45, 2.75) is 90.6 Å². The normalized spacial score (nSPS) is 16.2. The van der Waals surface area contributed by atoms with Crippen molar-refractivity contribution < 1.29 is 9.35 Å². The summed E-state index contributed by atoms with van der Waals surface area (Å²) in [5, 5.41) is 11.1. The molecule has 0 amide bonds. The Morgan fingerprint density at radius 2 is 1.79 bits per heavy atom. The SMILES string of the molecule is CCCCC[C@@H](O[Si](C)(C)C(C)(C)C)[C@@H](C)[N+](=O)[O-]. The summed E-state index contributed by atoms with van der Waals surface area (Å²) in [7, 11) is -1.94. The Morgan fingerprint density at radius 3 is 2.16 bits per heavy atom. The lowest BCUT2D eigenvalue weighted by Crippen LogP contribution is -2.48. The zero-order chi connectivity index (χ0) is 15.3. The summed E-state index contributed by atoms with van der Waals surface area (Å²) in [5.41, 5.74) is 0. The van der Waals surface area contributed by atoms with E-state index in [1.807, 2.05) is 0 Å². The Bertz CT molecular complexity index is 287. The van der Waals surface area contributed by atoms with Crippen LogP contribution >= 0.6 is 0 Å². The molecular formula is C14H31NO3Si. The molecule has 0 bridgehead atoms. The van der Waals surface area contributed by atoms with Crippen LogP contribution in [0.1, 0.15) is 60.3 Å². The fraction of sp³-hybridized carbons (Fsp3) is 1.00. The molecule has 0 rings (SSSR count). The molecule has 0 spiro atoms. The monoisotopic (exact) mass is 289 g/mol. The molecule has 0 N–H and O–H groups in total. The van der Waals surface area contributed by atoms with Gasteiger partial charge in [-0.2, -0.15) is 0 Å². The Hall–Kier alpha value is -0.423. The maximum absolute atomic E-state index is 11.0. The third-order valence-corrected chi connectivity index (χ3v) is 8.72. The van der Waals surface area contributed by atoms with E-state index in [1.54, 1.807) is 6.92 Å². The van der Waals surface area contributed by atoms with E-state index < -0.39 is 14.4 Å². The van der Waals surface area contributed by atoms with Crippen molar-refractivity contribution in [1.82, 2.24) is 0 Å². The minimum absolute atomic E-state index is 0.0896. The first-order valence-electron chi connectivity index (χ1n) is 7.34. The molecule has 5 heteroatoms. The second kappa shape index (κ2) is 7.38. The average Bonchev–Trinajstić information content (AvgIpc) is 2.25. The van der Waals surface area contributed by atoms with Gasteiger partial charge in [0.05, 0.1) is 0 Å². The van der Waals surface area contributed by atoms with Crippen LogP contribution in [0.4, 0.5) is 0 Å². The smallest absolute Gasteiger partial charge is 0.234 e. The molecule has 0 aromatic heterocycles. The summed E-state index contributed by atoms with van der Waals surface area (Å²) in [6.45, 7) is 14.6. The Morgan fingerprint density at radius 1 is 1.26 bits per heavy atom. The van der Waals surface area contributed by atoms with Gasteiger partial charge in [0.15, 0.2) is 8.32 Å². The molecule has 4 nitrogen and oxygen atoms in total. The fourth-order valence-corrected chi connectivity index (χ4v) is 3.11. The lowest BCUT2D eigenvalue weighted by molar-refractivity contribution is -0.529. The fourth-order valence-electron chi connectivity index (χ4n) is 1.69. The molecule has 2 atom stereocenters. The number of nitro groups is 1. The molecule has 0 aliphatic heterocycles. The van der Waals surface area contributed by atoms with E-state index in [0.717, 1.165) is 25.7 Å². The third kappa shape index (κ3) is 6.04. The van der Waals surface area contributed by atoms with Crippen LogP contribution < -0.4 is 0 Å². The van der Waals surface area contributed by atoms with Crippen LogP contribution in [-0.4, -0.2) is 25.4 Å². The van der Waals surface area contributed by atoms with Gasteiger partial charge in [-0.15, -0.1) is 0 Å². The largest absolute Gasteiger partial charge is 0.407 e. The summed E-state index contributed by atoms with van der Waals surface area (Å²) in [6.07, 6.45) is 3.79. The van der Waals surface area contributed by atoms with Gasteiger partial charge in [-0.3, -0.25) is 10.1 Å².